The molecule has 146 valence electrons. The maximum atomic E-state index is 12.6. The van der Waals surface area contributed by atoms with Crippen LogP contribution in [-0.4, -0.2) is 42.2 Å². The normalized spacial score (nSPS) is 30.5. The molecular formula is C23H27N3O2. The van der Waals surface area contributed by atoms with Crippen molar-refractivity contribution < 1.29 is 9.53 Å². The van der Waals surface area contributed by atoms with Crippen molar-refractivity contribution >= 4 is 11.6 Å². The minimum atomic E-state index is -0.0426. The number of carbonyl (C=O) groups is 1. The van der Waals surface area contributed by atoms with Crippen LogP contribution in [-0.2, 0) is 4.74 Å². The van der Waals surface area contributed by atoms with Crippen molar-refractivity contribution in [3.8, 4) is 0 Å². The van der Waals surface area contributed by atoms with E-state index in [-0.39, 0.29) is 17.6 Å². The summed E-state index contributed by atoms with van der Waals surface area (Å²) in [5, 5.41) is 3.18. The lowest BCUT2D eigenvalue weighted by Gasteiger charge is -2.29. The minimum absolute atomic E-state index is 0.0142. The number of pyridine rings is 1. The Kier molecular flexibility index (Phi) is 4.16. The molecule has 4 atom stereocenters. The summed E-state index contributed by atoms with van der Waals surface area (Å²) in [5.74, 6) is 0.867. The SMILES string of the molecule is Cc1cccc(C(=O)NC[C@H]2[C@H]3CN(c4ccncc4C)C[C@]34CC[C@H]2O4)c1. The number of rotatable bonds is 4. The molecule has 1 amide bonds. The van der Waals surface area contributed by atoms with Crippen LogP contribution in [0.5, 0.6) is 0 Å². The van der Waals surface area contributed by atoms with Gasteiger partial charge in [0.05, 0.1) is 11.7 Å². The van der Waals surface area contributed by atoms with Gasteiger partial charge in [0.2, 0.25) is 0 Å². The molecule has 28 heavy (non-hydrogen) atoms. The number of carbonyl (C=O) groups excluding carboxylic acids is 1. The Morgan fingerprint density at radius 2 is 2.25 bits per heavy atom. The molecule has 1 N–H and O–H groups in total. The summed E-state index contributed by atoms with van der Waals surface area (Å²) < 4.78 is 6.54. The van der Waals surface area contributed by atoms with Gasteiger partial charge in [0.15, 0.2) is 0 Å². The Labute approximate surface area is 166 Å². The number of hydrogen-bond acceptors (Lipinski definition) is 4. The summed E-state index contributed by atoms with van der Waals surface area (Å²) in [6.45, 7) is 6.76. The predicted octanol–water partition coefficient (Wildman–Crippen LogP) is 3.11. The lowest BCUT2D eigenvalue weighted by atomic mass is 9.73. The second-order valence-electron chi connectivity index (χ2n) is 8.65. The molecule has 3 saturated heterocycles. The van der Waals surface area contributed by atoms with E-state index >= 15 is 0 Å². The summed E-state index contributed by atoms with van der Waals surface area (Å²) >= 11 is 0. The van der Waals surface area contributed by atoms with Crippen LogP contribution in [0.3, 0.4) is 0 Å². The smallest absolute Gasteiger partial charge is 0.251 e. The lowest BCUT2D eigenvalue weighted by Crippen LogP contribution is -2.41. The first kappa shape index (κ1) is 17.7. The maximum Gasteiger partial charge on any atom is 0.251 e. The van der Waals surface area contributed by atoms with Gasteiger partial charge < -0.3 is 15.0 Å². The van der Waals surface area contributed by atoms with Crippen molar-refractivity contribution in [2.75, 3.05) is 24.5 Å². The molecule has 0 saturated carbocycles. The Morgan fingerprint density at radius 1 is 1.36 bits per heavy atom. The zero-order chi connectivity index (χ0) is 19.3. The number of nitrogens with zero attached hydrogens (tertiary/aromatic N) is 2. The van der Waals surface area contributed by atoms with E-state index in [1.165, 1.54) is 11.3 Å². The number of ether oxygens (including phenoxy) is 1. The highest BCUT2D eigenvalue weighted by Gasteiger charge is 2.62. The van der Waals surface area contributed by atoms with E-state index in [2.05, 4.69) is 28.2 Å². The summed E-state index contributed by atoms with van der Waals surface area (Å²) in [5.41, 5.74) is 4.26. The molecule has 4 heterocycles. The van der Waals surface area contributed by atoms with Gasteiger partial charge in [-0.2, -0.15) is 0 Å². The summed E-state index contributed by atoms with van der Waals surface area (Å²) in [7, 11) is 0. The van der Waals surface area contributed by atoms with E-state index in [1.807, 2.05) is 43.6 Å². The van der Waals surface area contributed by atoms with Crippen LogP contribution in [0.25, 0.3) is 0 Å². The van der Waals surface area contributed by atoms with Gasteiger partial charge in [0.25, 0.3) is 5.91 Å². The largest absolute Gasteiger partial charge is 0.369 e. The molecule has 5 heteroatoms. The first-order valence-electron chi connectivity index (χ1n) is 10.2. The van der Waals surface area contributed by atoms with Crippen LogP contribution in [0, 0.1) is 25.7 Å². The Morgan fingerprint density at radius 3 is 3.07 bits per heavy atom. The molecule has 1 aromatic heterocycles. The fourth-order valence-electron chi connectivity index (χ4n) is 5.57. The van der Waals surface area contributed by atoms with Crippen molar-refractivity contribution in [1.82, 2.24) is 10.3 Å². The highest BCUT2D eigenvalue weighted by atomic mass is 16.5. The van der Waals surface area contributed by atoms with Crippen molar-refractivity contribution in [3.63, 3.8) is 0 Å². The van der Waals surface area contributed by atoms with Crippen molar-refractivity contribution in [2.24, 2.45) is 11.8 Å². The third-order valence-corrected chi connectivity index (χ3v) is 6.89. The maximum absolute atomic E-state index is 12.6. The monoisotopic (exact) mass is 377 g/mol. The number of amides is 1. The van der Waals surface area contributed by atoms with E-state index in [4.69, 9.17) is 4.74 Å². The number of fused-ring (bicyclic) bond motifs is 1. The standard InChI is InChI=1S/C23H27N3O2/c1-15-4-3-5-17(10-15)22(27)25-12-18-19-13-26(20-7-9-24-11-16(20)2)14-23(19)8-6-21(18)28-23/h3-5,7,9-11,18-19,21H,6,8,12-14H2,1-2H3,(H,25,27)/t18-,19+,21+,23+/m0/s1. The summed E-state index contributed by atoms with van der Waals surface area (Å²) in [6.07, 6.45) is 6.31. The third kappa shape index (κ3) is 2.80. The predicted molar refractivity (Wildman–Crippen MR) is 109 cm³/mol. The van der Waals surface area contributed by atoms with E-state index < -0.39 is 0 Å². The van der Waals surface area contributed by atoms with E-state index in [0.29, 0.717) is 18.4 Å². The van der Waals surface area contributed by atoms with Crippen LogP contribution < -0.4 is 10.2 Å². The van der Waals surface area contributed by atoms with Gasteiger partial charge in [-0.15, -0.1) is 0 Å². The second kappa shape index (κ2) is 6.59. The van der Waals surface area contributed by atoms with E-state index in [9.17, 15) is 4.79 Å². The minimum Gasteiger partial charge on any atom is -0.369 e. The molecule has 5 nitrogen and oxygen atoms in total. The highest BCUT2D eigenvalue weighted by molar-refractivity contribution is 5.94. The second-order valence-corrected chi connectivity index (χ2v) is 8.65. The van der Waals surface area contributed by atoms with Crippen LogP contribution >= 0.6 is 0 Å². The molecule has 0 aliphatic carbocycles. The van der Waals surface area contributed by atoms with Crippen LogP contribution in [0.2, 0.25) is 0 Å². The molecule has 1 spiro atoms. The highest BCUT2D eigenvalue weighted by Crippen LogP contribution is 2.55. The van der Waals surface area contributed by atoms with Gasteiger partial charge in [-0.1, -0.05) is 17.7 Å². The number of anilines is 1. The van der Waals surface area contributed by atoms with Crippen LogP contribution in [0.15, 0.2) is 42.7 Å². The zero-order valence-electron chi connectivity index (χ0n) is 16.5. The number of nitrogens with one attached hydrogen (secondary N) is 1. The number of benzene rings is 1. The Hall–Kier alpha value is -2.40. The van der Waals surface area contributed by atoms with Gasteiger partial charge in [0.1, 0.15) is 0 Å². The third-order valence-electron chi connectivity index (χ3n) is 6.89. The molecule has 3 fully saturated rings. The number of aromatic nitrogens is 1. The average molecular weight is 377 g/mol. The van der Waals surface area contributed by atoms with Crippen LogP contribution in [0.4, 0.5) is 5.69 Å². The molecule has 3 aliphatic rings. The van der Waals surface area contributed by atoms with Crippen LogP contribution in [0.1, 0.15) is 34.3 Å². The lowest BCUT2D eigenvalue weighted by molar-refractivity contribution is 0.0141. The average Bonchev–Trinajstić information content (AvgIpc) is 3.35. The van der Waals surface area contributed by atoms with Crippen molar-refractivity contribution in [3.05, 3.63) is 59.4 Å². The first-order valence-corrected chi connectivity index (χ1v) is 10.2. The van der Waals surface area contributed by atoms with Gasteiger partial charge in [-0.05, 0) is 50.5 Å². The molecule has 5 rings (SSSR count). The molecule has 2 aromatic rings. The molecule has 2 bridgehead atoms. The molecule has 0 unspecified atom stereocenters. The van der Waals surface area contributed by atoms with Gasteiger partial charge in [0, 0.05) is 55.1 Å². The van der Waals surface area contributed by atoms with E-state index in [1.54, 1.807) is 0 Å². The fraction of sp³-hybridized carbons (Fsp3) is 0.478. The number of hydrogen-bond donors (Lipinski definition) is 1. The van der Waals surface area contributed by atoms with E-state index in [0.717, 1.165) is 37.1 Å². The Balaban J connectivity index is 1.31. The van der Waals surface area contributed by atoms with Crippen molar-refractivity contribution in [1.29, 1.82) is 0 Å². The fourth-order valence-corrected chi connectivity index (χ4v) is 5.57. The first-order chi connectivity index (χ1) is 13.6. The quantitative estimate of drug-likeness (QED) is 0.890. The molecular weight excluding hydrogens is 350 g/mol. The summed E-state index contributed by atoms with van der Waals surface area (Å²) in [4.78, 5) is 19.3. The van der Waals surface area contributed by atoms with Crippen molar-refractivity contribution in [2.45, 2.75) is 38.4 Å². The van der Waals surface area contributed by atoms with Gasteiger partial charge in [-0.3, -0.25) is 9.78 Å². The Bertz CT molecular complexity index is 914. The zero-order valence-corrected chi connectivity index (χ0v) is 16.5. The van der Waals surface area contributed by atoms with Gasteiger partial charge >= 0.3 is 0 Å². The topological polar surface area (TPSA) is 54.5 Å². The molecule has 0 radical (unpaired) electrons. The number of aryl methyl sites for hydroxylation is 2. The summed E-state index contributed by atoms with van der Waals surface area (Å²) in [6, 6.07) is 9.88. The molecule has 1 aromatic carbocycles. The molecule has 3 aliphatic heterocycles. The van der Waals surface area contributed by atoms with Gasteiger partial charge in [-0.25, -0.2) is 0 Å².